The van der Waals surface area contributed by atoms with E-state index in [4.69, 9.17) is 0 Å². The van der Waals surface area contributed by atoms with Crippen LogP contribution in [0.25, 0.3) is 0 Å². The van der Waals surface area contributed by atoms with Crippen molar-refractivity contribution in [1.29, 1.82) is 0 Å². The Labute approximate surface area is 137 Å². The molecule has 2 nitrogen and oxygen atoms in total. The van der Waals surface area contributed by atoms with Gasteiger partial charge in [-0.2, -0.15) is 0 Å². The van der Waals surface area contributed by atoms with E-state index in [-0.39, 0.29) is 24.8 Å². The van der Waals surface area contributed by atoms with Gasteiger partial charge in [0.05, 0.1) is 0 Å². The second-order valence-electron chi connectivity index (χ2n) is 4.64. The Morgan fingerprint density at radius 1 is 1.16 bits per heavy atom. The molecule has 0 radical (unpaired) electrons. The van der Waals surface area contributed by atoms with Crippen LogP contribution in [0.5, 0.6) is 0 Å². The Morgan fingerprint density at radius 2 is 1.74 bits per heavy atom. The highest BCUT2D eigenvalue weighted by atomic mass is 79.9. The first-order chi connectivity index (χ1) is 8.31. The molecule has 0 aliphatic carbocycles. The van der Waals surface area contributed by atoms with E-state index < -0.39 is 0 Å². The normalized spacial score (nSPS) is 17.2. The minimum Gasteiger partial charge on any atom is -0.314 e. The molecule has 0 aromatic heterocycles. The Balaban J connectivity index is 0.00000162. The molecule has 0 saturated carbocycles. The first-order valence-electron chi connectivity index (χ1n) is 6.51. The second-order valence-corrected chi connectivity index (χ2v) is 5.56. The summed E-state index contributed by atoms with van der Waals surface area (Å²) < 4.78 is 1.16. The van der Waals surface area contributed by atoms with E-state index in [2.05, 4.69) is 57.3 Å². The summed E-state index contributed by atoms with van der Waals surface area (Å²) in [5.41, 5.74) is 1.46. The van der Waals surface area contributed by atoms with Crippen molar-refractivity contribution in [2.75, 3.05) is 26.2 Å². The van der Waals surface area contributed by atoms with E-state index in [1.165, 1.54) is 31.5 Å². The third-order valence-electron chi connectivity index (χ3n) is 3.41. The molecule has 1 aromatic carbocycles. The van der Waals surface area contributed by atoms with Gasteiger partial charge >= 0.3 is 0 Å². The summed E-state index contributed by atoms with van der Waals surface area (Å²) in [6.45, 7) is 6.85. The second kappa shape index (κ2) is 10.0. The van der Waals surface area contributed by atoms with Gasteiger partial charge in [-0.15, -0.1) is 24.8 Å². The lowest BCUT2D eigenvalue weighted by Gasteiger charge is -2.35. The average Bonchev–Trinajstić information content (AvgIpc) is 2.38. The maximum atomic E-state index is 3.51. The zero-order chi connectivity index (χ0) is 12.1. The molecule has 0 spiro atoms. The van der Waals surface area contributed by atoms with Gasteiger partial charge < -0.3 is 5.32 Å². The van der Waals surface area contributed by atoms with Crippen LogP contribution in [0.15, 0.2) is 28.7 Å². The van der Waals surface area contributed by atoms with Gasteiger partial charge in [-0.3, -0.25) is 4.90 Å². The summed E-state index contributed by atoms with van der Waals surface area (Å²) in [5.74, 6) is 0. The lowest BCUT2D eigenvalue weighted by atomic mass is 10.00. The molecule has 1 saturated heterocycles. The van der Waals surface area contributed by atoms with Crippen molar-refractivity contribution in [2.24, 2.45) is 0 Å². The third-order valence-corrected chi connectivity index (χ3v) is 3.94. The molecule has 1 N–H and O–H groups in total. The highest BCUT2D eigenvalue weighted by Crippen LogP contribution is 2.27. The van der Waals surface area contributed by atoms with Crippen molar-refractivity contribution >= 4 is 40.7 Å². The monoisotopic (exact) mass is 368 g/mol. The predicted molar refractivity (Wildman–Crippen MR) is 90.7 cm³/mol. The fourth-order valence-corrected chi connectivity index (χ4v) is 2.78. The maximum Gasteiger partial charge on any atom is 0.0349 e. The number of hydrogen-bond donors (Lipinski definition) is 1. The topological polar surface area (TPSA) is 15.3 Å². The predicted octanol–water partition coefficient (Wildman–Crippen LogP) is 4.04. The average molecular weight is 370 g/mol. The molecule has 2 rings (SSSR count). The lowest BCUT2D eigenvalue weighted by Crippen LogP contribution is -2.45. The summed E-state index contributed by atoms with van der Waals surface area (Å²) in [4.78, 5) is 2.61. The molecule has 1 atom stereocenters. The maximum absolute atomic E-state index is 3.51. The lowest BCUT2D eigenvalue weighted by molar-refractivity contribution is 0.164. The van der Waals surface area contributed by atoms with Gasteiger partial charge in [0.1, 0.15) is 0 Å². The molecule has 0 bridgehead atoms. The fraction of sp³-hybridized carbons (Fsp3) is 0.571. The smallest absolute Gasteiger partial charge is 0.0349 e. The van der Waals surface area contributed by atoms with Crippen LogP contribution in [0.4, 0.5) is 0 Å². The highest BCUT2D eigenvalue weighted by Gasteiger charge is 2.20. The molecule has 1 fully saturated rings. The first kappa shape index (κ1) is 19.2. The van der Waals surface area contributed by atoms with Crippen LogP contribution in [-0.2, 0) is 0 Å². The number of halogens is 3. The zero-order valence-electron chi connectivity index (χ0n) is 11.3. The third kappa shape index (κ3) is 5.60. The number of piperazine rings is 1. The minimum atomic E-state index is 0. The highest BCUT2D eigenvalue weighted by molar-refractivity contribution is 9.10. The van der Waals surface area contributed by atoms with Gasteiger partial charge in [0.15, 0.2) is 0 Å². The van der Waals surface area contributed by atoms with Crippen LogP contribution < -0.4 is 5.32 Å². The summed E-state index contributed by atoms with van der Waals surface area (Å²) in [7, 11) is 0. The van der Waals surface area contributed by atoms with Gasteiger partial charge in [-0.1, -0.05) is 41.4 Å². The molecular weight excluding hydrogens is 347 g/mol. The van der Waals surface area contributed by atoms with Gasteiger partial charge in [-0.25, -0.2) is 0 Å². The van der Waals surface area contributed by atoms with E-state index in [9.17, 15) is 0 Å². The summed E-state index contributed by atoms with van der Waals surface area (Å²) in [6, 6.07) is 9.41. The van der Waals surface area contributed by atoms with E-state index in [1.807, 2.05) is 0 Å². The van der Waals surface area contributed by atoms with E-state index in [0.717, 1.165) is 17.6 Å². The van der Waals surface area contributed by atoms with Crippen molar-refractivity contribution in [1.82, 2.24) is 10.2 Å². The number of nitrogens with zero attached hydrogens (tertiary/aromatic N) is 1. The number of benzene rings is 1. The van der Waals surface area contributed by atoms with E-state index in [0.29, 0.717) is 6.04 Å². The van der Waals surface area contributed by atoms with Crippen LogP contribution in [0.1, 0.15) is 31.4 Å². The van der Waals surface area contributed by atoms with E-state index >= 15 is 0 Å². The van der Waals surface area contributed by atoms with Gasteiger partial charge in [-0.05, 0) is 24.1 Å². The van der Waals surface area contributed by atoms with Crippen molar-refractivity contribution in [2.45, 2.75) is 25.8 Å². The van der Waals surface area contributed by atoms with Crippen LogP contribution in [0.2, 0.25) is 0 Å². The van der Waals surface area contributed by atoms with Crippen LogP contribution in [-0.4, -0.2) is 31.1 Å². The van der Waals surface area contributed by atoms with Crippen molar-refractivity contribution in [3.05, 3.63) is 34.3 Å². The quantitative estimate of drug-likeness (QED) is 0.861. The molecular formula is C14H23BrCl2N2. The van der Waals surface area contributed by atoms with Crippen LogP contribution >= 0.6 is 40.7 Å². The Bertz CT molecular complexity index is 340. The van der Waals surface area contributed by atoms with Gasteiger partial charge in [0.25, 0.3) is 0 Å². The Hall–Kier alpha value is 0.200. The Morgan fingerprint density at radius 3 is 2.26 bits per heavy atom. The van der Waals surface area contributed by atoms with E-state index in [1.54, 1.807) is 0 Å². The zero-order valence-corrected chi connectivity index (χ0v) is 14.5. The number of hydrogen-bond acceptors (Lipinski definition) is 2. The summed E-state index contributed by atoms with van der Waals surface area (Å²) in [5, 5.41) is 3.42. The molecule has 0 amide bonds. The van der Waals surface area contributed by atoms with Crippen LogP contribution in [0.3, 0.4) is 0 Å². The largest absolute Gasteiger partial charge is 0.314 e. The Kier molecular flexibility index (Phi) is 10.1. The van der Waals surface area contributed by atoms with Crippen LogP contribution in [0, 0.1) is 0 Å². The molecule has 5 heteroatoms. The molecule has 1 heterocycles. The summed E-state index contributed by atoms with van der Waals surface area (Å²) in [6.07, 6.45) is 2.49. The fourth-order valence-electron chi connectivity index (χ4n) is 2.51. The minimum absolute atomic E-state index is 0. The molecule has 0 unspecified atom stereocenters. The molecule has 1 aliphatic heterocycles. The first-order valence-corrected chi connectivity index (χ1v) is 7.31. The van der Waals surface area contributed by atoms with Crippen molar-refractivity contribution < 1.29 is 0 Å². The SMILES string of the molecule is CCC[C@H](c1ccc(Br)cc1)N1CCNCC1.Cl.Cl. The number of rotatable bonds is 4. The molecule has 110 valence electrons. The van der Waals surface area contributed by atoms with Crippen molar-refractivity contribution in [3.63, 3.8) is 0 Å². The van der Waals surface area contributed by atoms with Gasteiger partial charge in [0, 0.05) is 36.7 Å². The molecule has 19 heavy (non-hydrogen) atoms. The summed E-state index contributed by atoms with van der Waals surface area (Å²) >= 11 is 3.51. The van der Waals surface area contributed by atoms with Gasteiger partial charge in [0.2, 0.25) is 0 Å². The number of nitrogens with one attached hydrogen (secondary N) is 1. The molecule has 1 aromatic rings. The molecule has 1 aliphatic rings. The van der Waals surface area contributed by atoms with Crippen molar-refractivity contribution in [3.8, 4) is 0 Å². The standard InChI is InChI=1S/C14H21BrN2.2ClH/c1-2-3-14(17-10-8-16-9-11-17)12-4-6-13(15)7-5-12;;/h4-7,14,16H,2-3,8-11H2,1H3;2*1H/t14-;;/m1../s1.